The molecule has 2 aromatic heterocycles. The third kappa shape index (κ3) is 3.98. The molecule has 0 bridgehead atoms. The van der Waals surface area contributed by atoms with Crippen LogP contribution in [0.4, 0.5) is 5.69 Å². The molecule has 4 N–H and O–H groups in total. The Morgan fingerprint density at radius 1 is 1.48 bits per heavy atom. The van der Waals surface area contributed by atoms with Crippen LogP contribution < -0.4 is 16.5 Å². The van der Waals surface area contributed by atoms with Gasteiger partial charge in [0, 0.05) is 25.6 Å². The minimum Gasteiger partial charge on any atom is -0.386 e. The van der Waals surface area contributed by atoms with E-state index >= 15 is 0 Å². The van der Waals surface area contributed by atoms with Crippen molar-refractivity contribution in [2.75, 3.05) is 11.4 Å². The highest BCUT2D eigenvalue weighted by molar-refractivity contribution is 6.32. The summed E-state index contributed by atoms with van der Waals surface area (Å²) in [4.78, 5) is 17.9. The second-order valence-corrected chi connectivity index (χ2v) is 5.08. The monoisotopic (exact) mass is 335 g/mol. The number of amidine groups is 1. The summed E-state index contributed by atoms with van der Waals surface area (Å²) < 4.78 is 1.58. The molecule has 0 spiro atoms. The number of nitrogens with zero attached hydrogens (tertiary/aromatic N) is 5. The van der Waals surface area contributed by atoms with E-state index in [-0.39, 0.29) is 23.3 Å². The van der Waals surface area contributed by atoms with Crippen molar-refractivity contribution in [1.82, 2.24) is 14.8 Å². The molecule has 2 rings (SSSR count). The highest BCUT2D eigenvalue weighted by atomic mass is 35.5. The number of halogens is 1. The maximum Gasteiger partial charge on any atom is 0.227 e. The van der Waals surface area contributed by atoms with Crippen LogP contribution in [0.15, 0.2) is 35.8 Å². The first-order chi connectivity index (χ1) is 11.1. The molecule has 2 heterocycles. The number of amides is 1. The predicted octanol–water partition coefficient (Wildman–Crippen LogP) is 1.28. The summed E-state index contributed by atoms with van der Waals surface area (Å²) >= 11 is 6.19. The van der Waals surface area contributed by atoms with E-state index in [0.717, 1.165) is 5.69 Å². The van der Waals surface area contributed by atoms with Crippen LogP contribution in [0.5, 0.6) is 0 Å². The van der Waals surface area contributed by atoms with E-state index in [1.165, 1.54) is 0 Å². The van der Waals surface area contributed by atoms with Gasteiger partial charge < -0.3 is 16.5 Å². The Morgan fingerprint density at radius 3 is 2.87 bits per heavy atom. The van der Waals surface area contributed by atoms with Crippen molar-refractivity contribution >= 4 is 29.0 Å². The molecule has 0 aliphatic carbocycles. The molecule has 8 nitrogen and oxygen atoms in total. The van der Waals surface area contributed by atoms with Gasteiger partial charge in [-0.3, -0.25) is 9.78 Å². The van der Waals surface area contributed by atoms with Gasteiger partial charge in [0.2, 0.25) is 5.91 Å². The van der Waals surface area contributed by atoms with Gasteiger partial charge in [-0.15, -0.1) is 0 Å². The Morgan fingerprint density at radius 2 is 2.26 bits per heavy atom. The van der Waals surface area contributed by atoms with Crippen LogP contribution in [0.25, 0.3) is 5.69 Å². The zero-order valence-corrected chi connectivity index (χ0v) is 13.4. The number of anilines is 1. The first kappa shape index (κ1) is 16.8. The summed E-state index contributed by atoms with van der Waals surface area (Å²) in [5.74, 6) is 5.16. The molecule has 1 amide bonds. The van der Waals surface area contributed by atoms with Gasteiger partial charge in [-0.1, -0.05) is 11.6 Å². The van der Waals surface area contributed by atoms with Crippen LogP contribution in [0.1, 0.15) is 19.8 Å². The standard InChI is InChI=1S/C14H18ClN7O/c1-2-21(13(23)6-5-12(16)19-17)11-9-22(20-14(11)15)10-4-3-7-18-8-10/h3-4,7-9H,2,5-6,17H2,1H3,(H2,16,19). The van der Waals surface area contributed by atoms with Gasteiger partial charge in [0.15, 0.2) is 5.15 Å². The maximum absolute atomic E-state index is 12.4. The Kier molecular flexibility index (Phi) is 5.53. The number of hydrogen-bond donors (Lipinski definition) is 2. The van der Waals surface area contributed by atoms with Gasteiger partial charge in [-0.25, -0.2) is 4.68 Å². The van der Waals surface area contributed by atoms with Crippen molar-refractivity contribution in [2.45, 2.75) is 19.8 Å². The number of carbonyl (C=O) groups excluding carboxylic acids is 1. The van der Waals surface area contributed by atoms with Crippen molar-refractivity contribution in [3.05, 3.63) is 35.9 Å². The van der Waals surface area contributed by atoms with Gasteiger partial charge in [-0.2, -0.15) is 10.2 Å². The fourth-order valence-electron chi connectivity index (χ4n) is 2.06. The lowest BCUT2D eigenvalue weighted by Gasteiger charge is -2.19. The molecule has 0 atom stereocenters. The highest BCUT2D eigenvalue weighted by Crippen LogP contribution is 2.26. The number of pyridine rings is 1. The van der Waals surface area contributed by atoms with Gasteiger partial charge in [-0.05, 0) is 19.1 Å². The van der Waals surface area contributed by atoms with Crippen molar-refractivity contribution < 1.29 is 4.79 Å². The number of rotatable bonds is 6. The Labute approximate surface area is 138 Å². The molecule has 0 aliphatic heterocycles. The largest absolute Gasteiger partial charge is 0.386 e. The first-order valence-electron chi connectivity index (χ1n) is 7.05. The molecule has 23 heavy (non-hydrogen) atoms. The van der Waals surface area contributed by atoms with Crippen LogP contribution >= 0.6 is 11.6 Å². The fourth-order valence-corrected chi connectivity index (χ4v) is 2.29. The van der Waals surface area contributed by atoms with Gasteiger partial charge >= 0.3 is 0 Å². The van der Waals surface area contributed by atoms with Crippen molar-refractivity contribution in [1.29, 1.82) is 0 Å². The smallest absolute Gasteiger partial charge is 0.227 e. The first-order valence-corrected chi connectivity index (χ1v) is 7.42. The number of nitrogens with two attached hydrogens (primary N) is 2. The zero-order chi connectivity index (χ0) is 16.8. The molecule has 0 fully saturated rings. The summed E-state index contributed by atoms with van der Waals surface area (Å²) in [5, 5.41) is 7.82. The third-order valence-electron chi connectivity index (χ3n) is 3.23. The van der Waals surface area contributed by atoms with Crippen LogP contribution in [0.3, 0.4) is 0 Å². The summed E-state index contributed by atoms with van der Waals surface area (Å²) in [6.45, 7) is 2.31. The summed E-state index contributed by atoms with van der Waals surface area (Å²) in [5.41, 5.74) is 6.80. The second-order valence-electron chi connectivity index (χ2n) is 4.72. The van der Waals surface area contributed by atoms with E-state index in [1.807, 2.05) is 13.0 Å². The Balaban J connectivity index is 2.21. The third-order valence-corrected chi connectivity index (χ3v) is 3.50. The van der Waals surface area contributed by atoms with Gasteiger partial charge in [0.05, 0.1) is 18.1 Å². The van der Waals surface area contributed by atoms with E-state index in [9.17, 15) is 4.79 Å². The highest BCUT2D eigenvalue weighted by Gasteiger charge is 2.20. The van der Waals surface area contributed by atoms with E-state index in [4.69, 9.17) is 23.2 Å². The quantitative estimate of drug-likeness (QED) is 0.357. The number of hydrazone groups is 1. The van der Waals surface area contributed by atoms with Crippen molar-refractivity contribution in [3.8, 4) is 5.69 Å². The molecule has 122 valence electrons. The lowest BCUT2D eigenvalue weighted by atomic mass is 10.2. The fraction of sp³-hybridized carbons (Fsp3) is 0.286. The number of carbonyl (C=O) groups is 1. The summed E-state index contributed by atoms with van der Waals surface area (Å²) in [6, 6.07) is 3.64. The molecular formula is C14H18ClN7O. The topological polar surface area (TPSA) is 115 Å². The summed E-state index contributed by atoms with van der Waals surface area (Å²) in [7, 11) is 0. The molecule has 0 unspecified atom stereocenters. The lowest BCUT2D eigenvalue weighted by Crippen LogP contribution is -2.31. The molecule has 0 saturated heterocycles. The molecule has 0 saturated carbocycles. The van der Waals surface area contributed by atoms with Crippen LogP contribution in [-0.4, -0.2) is 33.1 Å². The van der Waals surface area contributed by atoms with Crippen molar-refractivity contribution in [2.24, 2.45) is 16.7 Å². The second kappa shape index (κ2) is 7.59. The van der Waals surface area contributed by atoms with E-state index < -0.39 is 0 Å². The number of hydrogen-bond acceptors (Lipinski definition) is 5. The summed E-state index contributed by atoms with van der Waals surface area (Å²) in [6.07, 6.45) is 5.50. The van der Waals surface area contributed by atoms with E-state index in [0.29, 0.717) is 18.7 Å². The average Bonchev–Trinajstić information content (AvgIpc) is 2.96. The lowest BCUT2D eigenvalue weighted by molar-refractivity contribution is -0.118. The molecule has 2 aromatic rings. The zero-order valence-electron chi connectivity index (χ0n) is 12.7. The maximum atomic E-state index is 12.4. The molecule has 0 radical (unpaired) electrons. The van der Waals surface area contributed by atoms with Crippen LogP contribution in [0.2, 0.25) is 5.15 Å². The predicted molar refractivity (Wildman–Crippen MR) is 89.4 cm³/mol. The minimum atomic E-state index is -0.133. The molecule has 0 aromatic carbocycles. The minimum absolute atomic E-state index is 0.133. The molecular weight excluding hydrogens is 318 g/mol. The number of aromatic nitrogens is 3. The van der Waals surface area contributed by atoms with Crippen LogP contribution in [0, 0.1) is 0 Å². The Bertz CT molecular complexity index is 698. The van der Waals surface area contributed by atoms with Gasteiger partial charge in [0.1, 0.15) is 11.5 Å². The SMILES string of the molecule is CCN(C(=O)CC/C(N)=N/N)c1cn(-c2cccnc2)nc1Cl. The van der Waals surface area contributed by atoms with E-state index in [2.05, 4.69) is 15.2 Å². The van der Waals surface area contributed by atoms with E-state index in [1.54, 1.807) is 34.2 Å². The molecule has 9 heteroatoms. The van der Waals surface area contributed by atoms with Crippen molar-refractivity contribution in [3.63, 3.8) is 0 Å². The normalized spacial score (nSPS) is 11.5. The van der Waals surface area contributed by atoms with Gasteiger partial charge in [0.25, 0.3) is 0 Å². The Hall–Kier alpha value is -2.61. The average molecular weight is 336 g/mol. The van der Waals surface area contributed by atoms with Crippen LogP contribution in [-0.2, 0) is 4.79 Å². The molecule has 0 aliphatic rings.